The first-order chi connectivity index (χ1) is 9.83. The average Bonchev–Trinajstić information content (AvgIpc) is 2.49. The molecule has 0 bridgehead atoms. The molecule has 2 heterocycles. The summed E-state index contributed by atoms with van der Waals surface area (Å²) in [7, 11) is 0. The highest BCUT2D eigenvalue weighted by molar-refractivity contribution is 5.49. The molecule has 1 aromatic carbocycles. The topological polar surface area (TPSA) is 27.7 Å². The highest BCUT2D eigenvalue weighted by Crippen LogP contribution is 2.21. The predicted molar refractivity (Wildman–Crippen MR) is 77.6 cm³/mol. The van der Waals surface area contributed by atoms with Crippen molar-refractivity contribution in [3.8, 4) is 0 Å². The van der Waals surface area contributed by atoms with E-state index in [1.807, 2.05) is 6.07 Å². The van der Waals surface area contributed by atoms with Gasteiger partial charge in [0.1, 0.15) is 5.82 Å². The van der Waals surface area contributed by atoms with E-state index in [9.17, 15) is 4.39 Å². The number of rotatable bonds is 3. The standard InChI is InChI=1S/C15H22FN3O/c16-14-11-13(12-18-7-9-20-10-8-18)1-2-15(14)19-5-3-17-4-6-19/h1-2,11,17H,3-10,12H2. The first-order valence-corrected chi connectivity index (χ1v) is 7.37. The largest absolute Gasteiger partial charge is 0.379 e. The fraction of sp³-hybridized carbons (Fsp3) is 0.600. The molecule has 0 unspecified atom stereocenters. The van der Waals surface area contributed by atoms with Crippen LogP contribution in [0.4, 0.5) is 10.1 Å². The fourth-order valence-corrected chi connectivity index (χ4v) is 2.83. The molecule has 0 aliphatic carbocycles. The van der Waals surface area contributed by atoms with Crippen LogP contribution >= 0.6 is 0 Å². The van der Waals surface area contributed by atoms with Gasteiger partial charge in [0.15, 0.2) is 0 Å². The summed E-state index contributed by atoms with van der Waals surface area (Å²) in [4.78, 5) is 4.42. The van der Waals surface area contributed by atoms with Crippen molar-refractivity contribution in [3.05, 3.63) is 29.6 Å². The molecule has 110 valence electrons. The van der Waals surface area contributed by atoms with Crippen molar-refractivity contribution in [3.63, 3.8) is 0 Å². The zero-order valence-corrected chi connectivity index (χ0v) is 11.8. The first kappa shape index (κ1) is 13.8. The quantitative estimate of drug-likeness (QED) is 0.896. The number of nitrogens with one attached hydrogen (secondary N) is 1. The number of hydrogen-bond donors (Lipinski definition) is 1. The lowest BCUT2D eigenvalue weighted by atomic mass is 10.1. The third-order valence-corrected chi connectivity index (χ3v) is 3.98. The van der Waals surface area contributed by atoms with Crippen LogP contribution in [0.3, 0.4) is 0 Å². The Hall–Kier alpha value is -1.17. The zero-order valence-electron chi connectivity index (χ0n) is 11.8. The molecule has 2 aliphatic heterocycles. The van der Waals surface area contributed by atoms with Crippen molar-refractivity contribution in [2.24, 2.45) is 0 Å². The Morgan fingerprint density at radius 1 is 1.10 bits per heavy atom. The maximum absolute atomic E-state index is 14.3. The molecule has 0 aromatic heterocycles. The molecule has 1 N–H and O–H groups in total. The van der Waals surface area contributed by atoms with Crippen LogP contribution in [0.1, 0.15) is 5.56 Å². The molecule has 4 nitrogen and oxygen atoms in total. The second-order valence-electron chi connectivity index (χ2n) is 5.41. The van der Waals surface area contributed by atoms with Crippen molar-refractivity contribution < 1.29 is 9.13 Å². The van der Waals surface area contributed by atoms with Gasteiger partial charge in [-0.05, 0) is 17.7 Å². The van der Waals surface area contributed by atoms with E-state index in [-0.39, 0.29) is 5.82 Å². The van der Waals surface area contributed by atoms with Crippen molar-refractivity contribution in [2.75, 3.05) is 57.4 Å². The molecular formula is C15H22FN3O. The van der Waals surface area contributed by atoms with E-state index < -0.39 is 0 Å². The monoisotopic (exact) mass is 279 g/mol. The van der Waals surface area contributed by atoms with E-state index in [2.05, 4.69) is 21.2 Å². The van der Waals surface area contributed by atoms with Gasteiger partial charge in [0.2, 0.25) is 0 Å². The van der Waals surface area contributed by atoms with Gasteiger partial charge in [-0.15, -0.1) is 0 Å². The molecule has 0 amide bonds. The number of anilines is 1. The van der Waals surface area contributed by atoms with Gasteiger partial charge < -0.3 is 15.0 Å². The first-order valence-electron chi connectivity index (χ1n) is 7.37. The minimum Gasteiger partial charge on any atom is -0.379 e. The maximum Gasteiger partial charge on any atom is 0.146 e. The summed E-state index contributed by atoms with van der Waals surface area (Å²) in [6.07, 6.45) is 0. The van der Waals surface area contributed by atoms with Gasteiger partial charge in [-0.1, -0.05) is 6.07 Å². The van der Waals surface area contributed by atoms with Crippen LogP contribution in [-0.2, 0) is 11.3 Å². The van der Waals surface area contributed by atoms with E-state index in [0.717, 1.165) is 70.3 Å². The molecule has 2 aliphatic rings. The van der Waals surface area contributed by atoms with E-state index >= 15 is 0 Å². The number of morpholine rings is 1. The lowest BCUT2D eigenvalue weighted by molar-refractivity contribution is 0.0341. The third kappa shape index (κ3) is 3.29. The molecule has 0 spiro atoms. The minimum atomic E-state index is -0.0994. The number of halogens is 1. The molecule has 3 rings (SSSR count). The van der Waals surface area contributed by atoms with Crippen LogP contribution in [0.2, 0.25) is 0 Å². The molecule has 2 saturated heterocycles. The lowest BCUT2D eigenvalue weighted by Crippen LogP contribution is -2.43. The molecule has 0 radical (unpaired) electrons. The second-order valence-corrected chi connectivity index (χ2v) is 5.41. The minimum absolute atomic E-state index is 0.0994. The Balaban J connectivity index is 1.66. The number of piperazine rings is 1. The lowest BCUT2D eigenvalue weighted by Gasteiger charge is -2.30. The van der Waals surface area contributed by atoms with E-state index in [4.69, 9.17) is 4.74 Å². The van der Waals surface area contributed by atoms with Crippen molar-refractivity contribution >= 4 is 5.69 Å². The molecule has 1 aromatic rings. The van der Waals surface area contributed by atoms with Crippen LogP contribution in [0.25, 0.3) is 0 Å². The highest BCUT2D eigenvalue weighted by Gasteiger charge is 2.16. The Bertz CT molecular complexity index is 443. The third-order valence-electron chi connectivity index (χ3n) is 3.98. The molecule has 2 fully saturated rings. The van der Waals surface area contributed by atoms with Crippen LogP contribution in [0, 0.1) is 5.82 Å². The van der Waals surface area contributed by atoms with Crippen molar-refractivity contribution in [1.82, 2.24) is 10.2 Å². The number of nitrogens with zero attached hydrogens (tertiary/aromatic N) is 2. The molecule has 20 heavy (non-hydrogen) atoms. The molecule has 0 atom stereocenters. The predicted octanol–water partition coefficient (Wildman–Crippen LogP) is 1.07. The normalized spacial score (nSPS) is 21.1. The Labute approximate surface area is 119 Å². The Kier molecular flexibility index (Phi) is 4.50. The van der Waals surface area contributed by atoms with E-state index in [0.29, 0.717) is 0 Å². The summed E-state index contributed by atoms with van der Waals surface area (Å²) >= 11 is 0. The van der Waals surface area contributed by atoms with Gasteiger partial charge in [-0.25, -0.2) is 4.39 Å². The zero-order chi connectivity index (χ0) is 13.8. The molecule has 0 saturated carbocycles. The summed E-state index contributed by atoms with van der Waals surface area (Å²) < 4.78 is 19.6. The van der Waals surface area contributed by atoms with E-state index in [1.54, 1.807) is 6.07 Å². The van der Waals surface area contributed by atoms with Crippen LogP contribution in [-0.4, -0.2) is 57.4 Å². The molecule has 5 heteroatoms. The van der Waals surface area contributed by atoms with Gasteiger partial charge in [0.05, 0.1) is 18.9 Å². The average molecular weight is 279 g/mol. The highest BCUT2D eigenvalue weighted by atomic mass is 19.1. The Morgan fingerprint density at radius 3 is 2.55 bits per heavy atom. The van der Waals surface area contributed by atoms with Crippen molar-refractivity contribution in [1.29, 1.82) is 0 Å². The number of hydrogen-bond acceptors (Lipinski definition) is 4. The van der Waals surface area contributed by atoms with Crippen LogP contribution < -0.4 is 10.2 Å². The summed E-state index contributed by atoms with van der Waals surface area (Å²) in [6.45, 7) is 7.83. The van der Waals surface area contributed by atoms with Gasteiger partial charge in [0, 0.05) is 45.8 Å². The second kappa shape index (κ2) is 6.52. The number of ether oxygens (including phenoxy) is 1. The SMILES string of the molecule is Fc1cc(CN2CCOCC2)ccc1N1CCNCC1. The summed E-state index contributed by atoms with van der Waals surface area (Å²) in [5.74, 6) is -0.0994. The summed E-state index contributed by atoms with van der Waals surface area (Å²) in [5.41, 5.74) is 1.78. The van der Waals surface area contributed by atoms with Crippen LogP contribution in [0.15, 0.2) is 18.2 Å². The molecular weight excluding hydrogens is 257 g/mol. The fourth-order valence-electron chi connectivity index (χ4n) is 2.83. The van der Waals surface area contributed by atoms with Gasteiger partial charge in [-0.2, -0.15) is 0 Å². The van der Waals surface area contributed by atoms with Gasteiger partial charge in [-0.3, -0.25) is 4.90 Å². The maximum atomic E-state index is 14.3. The number of benzene rings is 1. The van der Waals surface area contributed by atoms with Gasteiger partial charge >= 0.3 is 0 Å². The summed E-state index contributed by atoms with van der Waals surface area (Å²) in [6, 6.07) is 5.67. The smallest absolute Gasteiger partial charge is 0.146 e. The van der Waals surface area contributed by atoms with E-state index in [1.165, 1.54) is 0 Å². The van der Waals surface area contributed by atoms with Crippen molar-refractivity contribution in [2.45, 2.75) is 6.54 Å². The Morgan fingerprint density at radius 2 is 1.85 bits per heavy atom. The van der Waals surface area contributed by atoms with Gasteiger partial charge in [0.25, 0.3) is 0 Å². The van der Waals surface area contributed by atoms with Crippen LogP contribution in [0.5, 0.6) is 0 Å². The summed E-state index contributed by atoms with van der Waals surface area (Å²) in [5, 5.41) is 3.29.